The van der Waals surface area contributed by atoms with Crippen LogP contribution >= 0.6 is 12.6 Å². The van der Waals surface area contributed by atoms with Crippen molar-refractivity contribution in [3.8, 4) is 0 Å². The Balaban J connectivity index is 2.27. The Bertz CT molecular complexity index is 390. The van der Waals surface area contributed by atoms with Gasteiger partial charge in [-0.05, 0) is 11.5 Å². The summed E-state index contributed by atoms with van der Waals surface area (Å²) in [5, 5.41) is 0.187. The summed E-state index contributed by atoms with van der Waals surface area (Å²) in [6.07, 6.45) is 0.569. The van der Waals surface area contributed by atoms with Crippen molar-refractivity contribution in [2.24, 2.45) is 5.92 Å². The molecule has 0 bridgehead atoms. The first-order valence-corrected chi connectivity index (χ1v) is 6.63. The van der Waals surface area contributed by atoms with Gasteiger partial charge in [0.2, 0.25) is 5.91 Å². The lowest BCUT2D eigenvalue weighted by molar-refractivity contribution is -0.130. The smallest absolute Gasteiger partial charge is 0.224 e. The summed E-state index contributed by atoms with van der Waals surface area (Å²) in [6, 6.07) is 10.5. The predicted molar refractivity (Wildman–Crippen MR) is 73.1 cm³/mol. The number of thiol groups is 1. The summed E-state index contributed by atoms with van der Waals surface area (Å²) < 4.78 is 0. The first kappa shape index (κ1) is 12.5. The van der Waals surface area contributed by atoms with E-state index in [1.54, 1.807) is 0 Å². The lowest BCUT2D eigenvalue weighted by Crippen LogP contribution is -2.33. The van der Waals surface area contributed by atoms with E-state index in [1.165, 1.54) is 5.56 Å². The molecule has 17 heavy (non-hydrogen) atoms. The van der Waals surface area contributed by atoms with Crippen LogP contribution in [0.15, 0.2) is 30.3 Å². The van der Waals surface area contributed by atoms with Gasteiger partial charge >= 0.3 is 0 Å². The van der Waals surface area contributed by atoms with Gasteiger partial charge in [0.05, 0.1) is 6.04 Å². The van der Waals surface area contributed by atoms with E-state index in [1.807, 2.05) is 23.1 Å². The van der Waals surface area contributed by atoms with Crippen molar-refractivity contribution in [2.75, 3.05) is 6.54 Å². The average molecular weight is 249 g/mol. The number of likely N-dealkylation sites (tertiary alicyclic amines) is 1. The van der Waals surface area contributed by atoms with Crippen LogP contribution in [-0.4, -0.2) is 22.6 Å². The highest BCUT2D eigenvalue weighted by atomic mass is 32.1. The number of hydrogen-bond donors (Lipinski definition) is 1. The van der Waals surface area contributed by atoms with Crippen LogP contribution in [0.5, 0.6) is 0 Å². The molecule has 92 valence electrons. The highest BCUT2D eigenvalue weighted by Crippen LogP contribution is 2.33. The van der Waals surface area contributed by atoms with Crippen molar-refractivity contribution >= 4 is 18.5 Å². The average Bonchev–Trinajstić information content (AvgIpc) is 2.59. The fraction of sp³-hybridized carbons (Fsp3) is 0.500. The van der Waals surface area contributed by atoms with Crippen molar-refractivity contribution in [3.63, 3.8) is 0 Å². The van der Waals surface area contributed by atoms with Crippen LogP contribution < -0.4 is 0 Å². The Kier molecular flexibility index (Phi) is 3.77. The normalized spacial score (nSPS) is 22.2. The van der Waals surface area contributed by atoms with Gasteiger partial charge in [0.15, 0.2) is 0 Å². The van der Waals surface area contributed by atoms with Crippen molar-refractivity contribution in [1.82, 2.24) is 4.90 Å². The number of carbonyl (C=O) groups is 1. The van der Waals surface area contributed by atoms with Gasteiger partial charge in [-0.25, -0.2) is 0 Å². The minimum atomic E-state index is 0.181. The zero-order valence-electron chi connectivity index (χ0n) is 10.3. The van der Waals surface area contributed by atoms with Gasteiger partial charge in [-0.1, -0.05) is 44.2 Å². The molecule has 1 fully saturated rings. The minimum Gasteiger partial charge on any atom is -0.334 e. The first-order valence-electron chi connectivity index (χ1n) is 6.12. The van der Waals surface area contributed by atoms with Gasteiger partial charge in [0, 0.05) is 18.2 Å². The second-order valence-electron chi connectivity index (χ2n) is 5.00. The van der Waals surface area contributed by atoms with Crippen LogP contribution in [0.25, 0.3) is 0 Å². The third-order valence-corrected chi connectivity index (χ3v) is 3.59. The molecule has 1 aromatic rings. The van der Waals surface area contributed by atoms with Crippen LogP contribution in [0.3, 0.4) is 0 Å². The zero-order valence-corrected chi connectivity index (χ0v) is 11.2. The van der Waals surface area contributed by atoms with Crippen LogP contribution in [0.2, 0.25) is 0 Å². The molecule has 2 rings (SSSR count). The van der Waals surface area contributed by atoms with Crippen molar-refractivity contribution < 1.29 is 4.79 Å². The van der Waals surface area contributed by atoms with Gasteiger partial charge in [0.25, 0.3) is 0 Å². The molecule has 2 atom stereocenters. The van der Waals surface area contributed by atoms with Crippen LogP contribution in [0, 0.1) is 5.92 Å². The number of hydrogen-bond acceptors (Lipinski definition) is 2. The van der Waals surface area contributed by atoms with E-state index >= 15 is 0 Å². The maximum absolute atomic E-state index is 12.0. The SMILES string of the molecule is CC(C)C(c1ccccc1)N1CC(S)CC1=O. The highest BCUT2D eigenvalue weighted by molar-refractivity contribution is 7.81. The number of benzene rings is 1. The molecule has 2 nitrogen and oxygen atoms in total. The Hall–Kier alpha value is -0.960. The summed E-state index contributed by atoms with van der Waals surface area (Å²) >= 11 is 4.42. The summed E-state index contributed by atoms with van der Waals surface area (Å²) in [4.78, 5) is 14.0. The van der Waals surface area contributed by atoms with Crippen molar-refractivity contribution in [3.05, 3.63) is 35.9 Å². The monoisotopic (exact) mass is 249 g/mol. The lowest BCUT2D eigenvalue weighted by Gasteiger charge is -2.31. The summed E-state index contributed by atoms with van der Waals surface area (Å²) in [5.74, 6) is 0.646. The number of nitrogens with zero attached hydrogens (tertiary/aromatic N) is 1. The maximum atomic E-state index is 12.0. The van der Waals surface area contributed by atoms with E-state index in [2.05, 4.69) is 38.6 Å². The van der Waals surface area contributed by atoms with E-state index in [0.29, 0.717) is 12.3 Å². The first-order chi connectivity index (χ1) is 8.09. The second kappa shape index (κ2) is 5.13. The Morgan fingerprint density at radius 2 is 1.94 bits per heavy atom. The molecule has 1 aromatic carbocycles. The van der Waals surface area contributed by atoms with E-state index in [0.717, 1.165) is 6.54 Å². The van der Waals surface area contributed by atoms with E-state index in [-0.39, 0.29) is 17.2 Å². The molecule has 0 saturated carbocycles. The predicted octanol–water partition coefficient (Wildman–Crippen LogP) is 2.91. The van der Waals surface area contributed by atoms with Gasteiger partial charge in [0.1, 0.15) is 0 Å². The van der Waals surface area contributed by atoms with Gasteiger partial charge < -0.3 is 4.90 Å². The third-order valence-electron chi connectivity index (χ3n) is 3.25. The molecule has 0 N–H and O–H groups in total. The molecule has 1 saturated heterocycles. The molecule has 1 aliphatic rings. The molecule has 0 spiro atoms. The van der Waals surface area contributed by atoms with Crippen LogP contribution in [-0.2, 0) is 4.79 Å². The molecule has 0 aromatic heterocycles. The molecule has 2 unspecified atom stereocenters. The molecular formula is C14H19NOS. The lowest BCUT2D eigenvalue weighted by atomic mass is 9.95. The van der Waals surface area contributed by atoms with Gasteiger partial charge in [-0.2, -0.15) is 12.6 Å². The van der Waals surface area contributed by atoms with Crippen LogP contribution in [0.1, 0.15) is 31.9 Å². The quantitative estimate of drug-likeness (QED) is 0.817. The topological polar surface area (TPSA) is 20.3 Å². The molecule has 0 aliphatic carbocycles. The van der Waals surface area contributed by atoms with E-state index in [4.69, 9.17) is 0 Å². The Morgan fingerprint density at radius 1 is 1.29 bits per heavy atom. The van der Waals surface area contributed by atoms with Gasteiger partial charge in [-0.3, -0.25) is 4.79 Å². The maximum Gasteiger partial charge on any atom is 0.224 e. The largest absolute Gasteiger partial charge is 0.334 e. The zero-order chi connectivity index (χ0) is 12.4. The highest BCUT2D eigenvalue weighted by Gasteiger charge is 2.34. The minimum absolute atomic E-state index is 0.181. The van der Waals surface area contributed by atoms with Crippen molar-refractivity contribution in [2.45, 2.75) is 31.6 Å². The third kappa shape index (κ3) is 2.65. The molecular weight excluding hydrogens is 230 g/mol. The fourth-order valence-electron chi connectivity index (χ4n) is 2.56. The molecule has 1 heterocycles. The Labute approximate surface area is 108 Å². The van der Waals surface area contributed by atoms with Crippen molar-refractivity contribution in [1.29, 1.82) is 0 Å². The standard InChI is InChI=1S/C14H19NOS/c1-10(2)14(11-6-4-3-5-7-11)15-9-12(17)8-13(15)16/h3-7,10,12,14,17H,8-9H2,1-2H3. The number of carbonyl (C=O) groups excluding carboxylic acids is 1. The Morgan fingerprint density at radius 3 is 2.41 bits per heavy atom. The number of amides is 1. The summed E-state index contributed by atoms with van der Waals surface area (Å²) in [7, 11) is 0. The fourth-order valence-corrected chi connectivity index (χ4v) is 2.89. The molecule has 0 radical (unpaired) electrons. The second-order valence-corrected chi connectivity index (χ2v) is 5.73. The van der Waals surface area contributed by atoms with E-state index in [9.17, 15) is 4.79 Å². The van der Waals surface area contributed by atoms with Gasteiger partial charge in [-0.15, -0.1) is 0 Å². The van der Waals surface area contributed by atoms with Crippen LogP contribution in [0.4, 0.5) is 0 Å². The molecule has 1 amide bonds. The summed E-state index contributed by atoms with van der Waals surface area (Å²) in [5.41, 5.74) is 1.22. The molecule has 3 heteroatoms. The molecule has 1 aliphatic heterocycles. The summed E-state index contributed by atoms with van der Waals surface area (Å²) in [6.45, 7) is 5.09. The number of rotatable bonds is 3. The van der Waals surface area contributed by atoms with E-state index < -0.39 is 0 Å².